The molecule has 0 aliphatic heterocycles. The topological polar surface area (TPSA) is 66.4 Å². The molecular formula is C13H16BrNO3. The number of aliphatic carboxylic acids is 1. The van der Waals surface area contributed by atoms with E-state index in [1.807, 2.05) is 13.0 Å². The quantitative estimate of drug-likeness (QED) is 0.898. The minimum atomic E-state index is -1.02. The molecule has 1 amide bonds. The molecule has 0 bridgehead atoms. The molecule has 0 saturated heterocycles. The van der Waals surface area contributed by atoms with E-state index in [1.54, 1.807) is 26.0 Å². The van der Waals surface area contributed by atoms with Gasteiger partial charge in [-0.2, -0.15) is 0 Å². The Morgan fingerprint density at radius 1 is 1.33 bits per heavy atom. The molecule has 1 unspecified atom stereocenters. The van der Waals surface area contributed by atoms with Crippen molar-refractivity contribution in [2.75, 3.05) is 0 Å². The van der Waals surface area contributed by atoms with Crippen molar-refractivity contribution in [1.29, 1.82) is 0 Å². The fourth-order valence-corrected chi connectivity index (χ4v) is 1.95. The molecule has 18 heavy (non-hydrogen) atoms. The summed E-state index contributed by atoms with van der Waals surface area (Å²) < 4.78 is 0.826. The predicted octanol–water partition coefficient (Wildman–Crippen LogP) is 2.60. The summed E-state index contributed by atoms with van der Waals surface area (Å²) in [5.74, 6) is -1.56. The van der Waals surface area contributed by atoms with Gasteiger partial charge in [0.1, 0.15) is 6.04 Å². The Labute approximate surface area is 115 Å². The number of rotatable bonds is 4. The van der Waals surface area contributed by atoms with Gasteiger partial charge < -0.3 is 10.4 Å². The maximum absolute atomic E-state index is 12.0. The number of amides is 1. The van der Waals surface area contributed by atoms with Gasteiger partial charge in [-0.1, -0.05) is 35.8 Å². The second kappa shape index (κ2) is 6.00. The van der Waals surface area contributed by atoms with Crippen molar-refractivity contribution < 1.29 is 14.7 Å². The Morgan fingerprint density at radius 3 is 2.44 bits per heavy atom. The second-order valence-electron chi connectivity index (χ2n) is 4.45. The first kappa shape index (κ1) is 14.7. The van der Waals surface area contributed by atoms with Gasteiger partial charge >= 0.3 is 5.97 Å². The molecule has 0 fully saturated rings. The van der Waals surface area contributed by atoms with Crippen LogP contribution >= 0.6 is 15.9 Å². The third-order valence-corrected chi connectivity index (χ3v) is 3.59. The van der Waals surface area contributed by atoms with Crippen molar-refractivity contribution in [3.63, 3.8) is 0 Å². The first-order chi connectivity index (χ1) is 8.34. The standard InChI is InChI=1S/C13H16BrNO3/c1-7(2)11(13(17)18)15-12(16)9-5-4-6-10(14)8(9)3/h4-7,11H,1-3H3,(H,15,16)(H,17,18). The van der Waals surface area contributed by atoms with Gasteiger partial charge in [0.15, 0.2) is 0 Å². The summed E-state index contributed by atoms with van der Waals surface area (Å²) in [7, 11) is 0. The third-order valence-electron chi connectivity index (χ3n) is 2.73. The smallest absolute Gasteiger partial charge is 0.326 e. The Balaban J connectivity index is 2.94. The zero-order chi connectivity index (χ0) is 13.9. The van der Waals surface area contributed by atoms with Gasteiger partial charge in [-0.25, -0.2) is 4.79 Å². The first-order valence-corrected chi connectivity index (χ1v) is 6.42. The van der Waals surface area contributed by atoms with E-state index in [9.17, 15) is 9.59 Å². The van der Waals surface area contributed by atoms with Gasteiger partial charge in [-0.3, -0.25) is 4.79 Å². The van der Waals surface area contributed by atoms with Crippen LogP contribution < -0.4 is 5.32 Å². The van der Waals surface area contributed by atoms with Crippen molar-refractivity contribution in [3.8, 4) is 0 Å². The van der Waals surface area contributed by atoms with Crippen molar-refractivity contribution in [3.05, 3.63) is 33.8 Å². The van der Waals surface area contributed by atoms with Gasteiger partial charge in [-0.05, 0) is 30.5 Å². The molecule has 0 aliphatic rings. The zero-order valence-electron chi connectivity index (χ0n) is 10.5. The fraction of sp³-hybridized carbons (Fsp3) is 0.385. The number of carbonyl (C=O) groups excluding carboxylic acids is 1. The fourth-order valence-electron chi connectivity index (χ4n) is 1.59. The SMILES string of the molecule is Cc1c(Br)cccc1C(=O)NC(C(=O)O)C(C)C. The molecule has 0 saturated carbocycles. The summed E-state index contributed by atoms with van der Waals surface area (Å²) in [6.07, 6.45) is 0. The predicted molar refractivity (Wildman–Crippen MR) is 72.6 cm³/mol. The lowest BCUT2D eigenvalue weighted by Gasteiger charge is -2.18. The molecule has 0 spiro atoms. The number of carboxylic acid groups (broad SMARTS) is 1. The van der Waals surface area contributed by atoms with E-state index in [0.717, 1.165) is 10.0 Å². The molecule has 1 atom stereocenters. The Kier molecular flexibility index (Phi) is 4.90. The van der Waals surface area contributed by atoms with E-state index >= 15 is 0 Å². The Bertz CT molecular complexity index is 471. The molecule has 4 nitrogen and oxygen atoms in total. The van der Waals surface area contributed by atoms with Gasteiger partial charge in [0.2, 0.25) is 0 Å². The molecule has 98 valence electrons. The van der Waals surface area contributed by atoms with Gasteiger partial charge in [0.25, 0.3) is 5.91 Å². The van der Waals surface area contributed by atoms with Crippen molar-refractivity contribution in [2.45, 2.75) is 26.8 Å². The highest BCUT2D eigenvalue weighted by Crippen LogP contribution is 2.19. The van der Waals surface area contributed by atoms with E-state index < -0.39 is 12.0 Å². The van der Waals surface area contributed by atoms with Crippen LogP contribution in [0.3, 0.4) is 0 Å². The third kappa shape index (κ3) is 3.32. The van der Waals surface area contributed by atoms with Gasteiger partial charge in [-0.15, -0.1) is 0 Å². The number of hydrogen-bond acceptors (Lipinski definition) is 2. The Hall–Kier alpha value is -1.36. The number of carboxylic acids is 1. The summed E-state index contributed by atoms with van der Waals surface area (Å²) in [5, 5.41) is 11.6. The minimum absolute atomic E-state index is 0.168. The van der Waals surface area contributed by atoms with E-state index in [-0.39, 0.29) is 11.8 Å². The number of halogens is 1. The largest absolute Gasteiger partial charge is 0.480 e. The first-order valence-electron chi connectivity index (χ1n) is 5.63. The van der Waals surface area contributed by atoms with Gasteiger partial charge in [0, 0.05) is 10.0 Å². The lowest BCUT2D eigenvalue weighted by atomic mass is 10.0. The van der Waals surface area contributed by atoms with Crippen LogP contribution in [-0.4, -0.2) is 23.0 Å². The summed E-state index contributed by atoms with van der Waals surface area (Å²) in [6.45, 7) is 5.32. The summed E-state index contributed by atoms with van der Waals surface area (Å²) in [5.41, 5.74) is 1.28. The van der Waals surface area contributed by atoms with Crippen LogP contribution in [0.15, 0.2) is 22.7 Å². The molecule has 0 aromatic heterocycles. The molecular weight excluding hydrogens is 298 g/mol. The highest BCUT2D eigenvalue weighted by Gasteiger charge is 2.24. The maximum atomic E-state index is 12.0. The van der Waals surface area contributed by atoms with Crippen LogP contribution in [0.4, 0.5) is 0 Å². The number of hydrogen-bond donors (Lipinski definition) is 2. The summed E-state index contributed by atoms with van der Waals surface area (Å²) >= 11 is 3.34. The van der Waals surface area contributed by atoms with E-state index in [0.29, 0.717) is 5.56 Å². The highest BCUT2D eigenvalue weighted by molar-refractivity contribution is 9.10. The summed E-state index contributed by atoms with van der Waals surface area (Å²) in [4.78, 5) is 23.1. The molecule has 1 rings (SSSR count). The zero-order valence-corrected chi connectivity index (χ0v) is 12.1. The minimum Gasteiger partial charge on any atom is -0.480 e. The molecule has 2 N–H and O–H groups in total. The van der Waals surface area contributed by atoms with Crippen molar-refractivity contribution >= 4 is 27.8 Å². The van der Waals surface area contributed by atoms with Crippen molar-refractivity contribution in [1.82, 2.24) is 5.32 Å². The second-order valence-corrected chi connectivity index (χ2v) is 5.30. The average Bonchev–Trinajstić information content (AvgIpc) is 2.28. The van der Waals surface area contributed by atoms with Crippen LogP contribution in [0.5, 0.6) is 0 Å². The van der Waals surface area contributed by atoms with E-state index in [2.05, 4.69) is 21.2 Å². The molecule has 0 aliphatic carbocycles. The van der Waals surface area contributed by atoms with E-state index in [1.165, 1.54) is 0 Å². The molecule has 1 aromatic carbocycles. The van der Waals surface area contributed by atoms with Crippen molar-refractivity contribution in [2.24, 2.45) is 5.92 Å². The molecule has 1 aromatic rings. The highest BCUT2D eigenvalue weighted by atomic mass is 79.9. The lowest BCUT2D eigenvalue weighted by Crippen LogP contribution is -2.44. The average molecular weight is 314 g/mol. The molecule has 0 radical (unpaired) electrons. The van der Waals surface area contributed by atoms with E-state index in [4.69, 9.17) is 5.11 Å². The van der Waals surface area contributed by atoms with Crippen LogP contribution in [0, 0.1) is 12.8 Å². The molecule has 5 heteroatoms. The molecule has 0 heterocycles. The monoisotopic (exact) mass is 313 g/mol. The van der Waals surface area contributed by atoms with Crippen LogP contribution in [0.25, 0.3) is 0 Å². The van der Waals surface area contributed by atoms with Crippen LogP contribution in [0.2, 0.25) is 0 Å². The van der Waals surface area contributed by atoms with Crippen LogP contribution in [-0.2, 0) is 4.79 Å². The Morgan fingerprint density at radius 2 is 1.94 bits per heavy atom. The van der Waals surface area contributed by atoms with Crippen LogP contribution in [0.1, 0.15) is 29.8 Å². The lowest BCUT2D eigenvalue weighted by molar-refractivity contribution is -0.140. The normalized spacial score (nSPS) is 12.3. The van der Waals surface area contributed by atoms with Gasteiger partial charge in [0.05, 0.1) is 0 Å². The number of carbonyl (C=O) groups is 2. The summed E-state index contributed by atoms with van der Waals surface area (Å²) in [6, 6.07) is 4.38. The number of benzene rings is 1. The number of nitrogens with one attached hydrogen (secondary N) is 1. The maximum Gasteiger partial charge on any atom is 0.326 e.